The van der Waals surface area contributed by atoms with Crippen molar-refractivity contribution in [3.05, 3.63) is 52.4 Å². The van der Waals surface area contributed by atoms with Crippen LogP contribution in [0.25, 0.3) is 10.8 Å². The van der Waals surface area contributed by atoms with E-state index in [-0.39, 0.29) is 11.2 Å². The lowest BCUT2D eigenvalue weighted by molar-refractivity contribution is -0.120. The highest BCUT2D eigenvalue weighted by Crippen LogP contribution is 2.37. The van der Waals surface area contributed by atoms with Crippen LogP contribution in [0.4, 0.5) is 0 Å². The third kappa shape index (κ3) is 4.47. The van der Waals surface area contributed by atoms with Gasteiger partial charge in [0.1, 0.15) is 0 Å². The number of hydrogen-bond acceptors (Lipinski definition) is 6. The molecule has 0 spiro atoms. The van der Waals surface area contributed by atoms with Gasteiger partial charge in [-0.1, -0.05) is 49.0 Å². The Balaban J connectivity index is 1.36. The highest BCUT2D eigenvalue weighted by Gasteiger charge is 2.22. The van der Waals surface area contributed by atoms with E-state index in [1.54, 1.807) is 11.3 Å². The number of nitrogens with zero attached hydrogens (tertiary/aromatic N) is 2. The SMILES string of the molecule is C[C@H]1CCc2sc(-c3nnc(S[C@@H](C)C(=O)NCc4ccccc4)o3)cc2C1. The minimum Gasteiger partial charge on any atom is -0.410 e. The Morgan fingerprint density at radius 3 is 3.00 bits per heavy atom. The molecule has 28 heavy (non-hydrogen) atoms. The maximum atomic E-state index is 12.3. The summed E-state index contributed by atoms with van der Waals surface area (Å²) in [5, 5.41) is 11.4. The highest BCUT2D eigenvalue weighted by molar-refractivity contribution is 8.00. The van der Waals surface area contributed by atoms with Crippen molar-refractivity contribution in [1.29, 1.82) is 0 Å². The van der Waals surface area contributed by atoms with E-state index in [2.05, 4.69) is 28.5 Å². The average molecular weight is 414 g/mol. The molecule has 5 nitrogen and oxygen atoms in total. The van der Waals surface area contributed by atoms with Crippen LogP contribution in [0.15, 0.2) is 46.0 Å². The monoisotopic (exact) mass is 413 g/mol. The zero-order valence-corrected chi connectivity index (χ0v) is 17.6. The van der Waals surface area contributed by atoms with Crippen LogP contribution in [-0.4, -0.2) is 21.4 Å². The first-order valence-electron chi connectivity index (χ1n) is 9.52. The molecule has 2 atom stereocenters. The number of nitrogens with one attached hydrogen (secondary N) is 1. The van der Waals surface area contributed by atoms with Crippen molar-refractivity contribution >= 4 is 29.0 Å². The van der Waals surface area contributed by atoms with Crippen LogP contribution >= 0.6 is 23.1 Å². The first-order valence-corrected chi connectivity index (χ1v) is 11.2. The standard InChI is InChI=1S/C21H23N3O2S2/c1-13-8-9-17-16(10-13)11-18(28-17)20-23-24-21(26-20)27-14(2)19(25)22-12-15-6-4-3-5-7-15/h3-7,11,13-14H,8-10,12H2,1-2H3,(H,22,25)/t13-,14-/m0/s1. The van der Waals surface area contributed by atoms with Gasteiger partial charge in [-0.25, -0.2) is 0 Å². The van der Waals surface area contributed by atoms with Gasteiger partial charge >= 0.3 is 0 Å². The molecule has 1 aromatic carbocycles. The van der Waals surface area contributed by atoms with Gasteiger partial charge in [0.2, 0.25) is 5.91 Å². The van der Waals surface area contributed by atoms with Crippen molar-refractivity contribution in [2.75, 3.05) is 0 Å². The van der Waals surface area contributed by atoms with Gasteiger partial charge in [-0.05, 0) is 49.3 Å². The molecule has 0 bridgehead atoms. The molecule has 2 heterocycles. The fraction of sp³-hybridized carbons (Fsp3) is 0.381. The average Bonchev–Trinajstić information content (AvgIpc) is 3.33. The predicted molar refractivity (Wildman–Crippen MR) is 112 cm³/mol. The van der Waals surface area contributed by atoms with Gasteiger partial charge in [0.25, 0.3) is 11.1 Å². The molecule has 0 fully saturated rings. The molecule has 1 amide bonds. The molecule has 1 aliphatic carbocycles. The van der Waals surface area contributed by atoms with Crippen LogP contribution in [0.1, 0.15) is 36.3 Å². The van der Waals surface area contributed by atoms with Crippen LogP contribution in [-0.2, 0) is 24.2 Å². The van der Waals surface area contributed by atoms with E-state index in [1.807, 2.05) is 37.3 Å². The topological polar surface area (TPSA) is 68.0 Å². The number of amides is 1. The van der Waals surface area contributed by atoms with Crippen molar-refractivity contribution in [3.63, 3.8) is 0 Å². The van der Waals surface area contributed by atoms with Crippen molar-refractivity contribution < 1.29 is 9.21 Å². The van der Waals surface area contributed by atoms with E-state index in [4.69, 9.17) is 4.42 Å². The van der Waals surface area contributed by atoms with Crippen molar-refractivity contribution in [3.8, 4) is 10.8 Å². The van der Waals surface area contributed by atoms with Crippen molar-refractivity contribution in [2.24, 2.45) is 5.92 Å². The summed E-state index contributed by atoms with van der Waals surface area (Å²) >= 11 is 3.04. The summed E-state index contributed by atoms with van der Waals surface area (Å²) < 4.78 is 5.83. The number of carbonyl (C=O) groups excluding carboxylic acids is 1. The Morgan fingerprint density at radius 1 is 1.36 bits per heavy atom. The molecule has 146 valence electrons. The van der Waals surface area contributed by atoms with Gasteiger partial charge in [0.05, 0.1) is 10.1 Å². The van der Waals surface area contributed by atoms with Gasteiger partial charge < -0.3 is 9.73 Å². The second kappa shape index (κ2) is 8.49. The fourth-order valence-electron chi connectivity index (χ4n) is 3.30. The normalized spacial score (nSPS) is 17.1. The molecule has 0 saturated carbocycles. The van der Waals surface area contributed by atoms with Crippen LogP contribution in [0.5, 0.6) is 0 Å². The second-order valence-electron chi connectivity index (χ2n) is 7.24. The van der Waals surface area contributed by atoms with E-state index in [1.165, 1.54) is 28.6 Å². The van der Waals surface area contributed by atoms with E-state index in [9.17, 15) is 4.79 Å². The number of aryl methyl sites for hydroxylation is 1. The minimum atomic E-state index is -0.311. The summed E-state index contributed by atoms with van der Waals surface area (Å²) in [4.78, 5) is 14.8. The maximum absolute atomic E-state index is 12.3. The maximum Gasteiger partial charge on any atom is 0.277 e. The number of fused-ring (bicyclic) bond motifs is 1. The first-order chi connectivity index (χ1) is 13.6. The molecule has 1 N–H and O–H groups in total. The first kappa shape index (κ1) is 19.2. The zero-order valence-electron chi connectivity index (χ0n) is 16.0. The highest BCUT2D eigenvalue weighted by atomic mass is 32.2. The summed E-state index contributed by atoms with van der Waals surface area (Å²) in [6.07, 6.45) is 3.50. The van der Waals surface area contributed by atoms with E-state index in [0.29, 0.717) is 17.7 Å². The Morgan fingerprint density at radius 2 is 2.18 bits per heavy atom. The molecule has 4 rings (SSSR count). The lowest BCUT2D eigenvalue weighted by atomic mass is 9.90. The van der Waals surface area contributed by atoms with Gasteiger partial charge in [-0.3, -0.25) is 4.79 Å². The quantitative estimate of drug-likeness (QED) is 0.592. The molecule has 2 aromatic heterocycles. The molecule has 0 unspecified atom stereocenters. The molecule has 0 radical (unpaired) electrons. The predicted octanol–water partition coefficient (Wildman–Crippen LogP) is 4.72. The summed E-state index contributed by atoms with van der Waals surface area (Å²) in [6, 6.07) is 12.0. The van der Waals surface area contributed by atoms with E-state index in [0.717, 1.165) is 29.2 Å². The number of benzene rings is 1. The van der Waals surface area contributed by atoms with Gasteiger partial charge in [-0.15, -0.1) is 21.5 Å². The second-order valence-corrected chi connectivity index (χ2v) is 9.67. The lowest BCUT2D eigenvalue weighted by Crippen LogP contribution is -2.30. The number of rotatable bonds is 6. The molecular formula is C21H23N3O2S2. The van der Waals surface area contributed by atoms with Gasteiger partial charge in [0.15, 0.2) is 0 Å². The number of thioether (sulfide) groups is 1. The van der Waals surface area contributed by atoms with Crippen LogP contribution in [0.3, 0.4) is 0 Å². The smallest absolute Gasteiger partial charge is 0.277 e. The van der Waals surface area contributed by atoms with Gasteiger partial charge in [-0.2, -0.15) is 0 Å². The Kier molecular flexibility index (Phi) is 5.82. The number of thiophene rings is 1. The van der Waals surface area contributed by atoms with E-state index >= 15 is 0 Å². The minimum absolute atomic E-state index is 0.0471. The molecule has 0 aliphatic heterocycles. The summed E-state index contributed by atoms with van der Waals surface area (Å²) in [7, 11) is 0. The van der Waals surface area contributed by atoms with Crippen molar-refractivity contribution in [1.82, 2.24) is 15.5 Å². The Bertz CT molecular complexity index is 952. The number of carbonyl (C=O) groups is 1. The molecular weight excluding hydrogens is 390 g/mol. The molecule has 3 aromatic rings. The summed E-state index contributed by atoms with van der Waals surface area (Å²) in [5.74, 6) is 1.24. The summed E-state index contributed by atoms with van der Waals surface area (Å²) in [6.45, 7) is 4.66. The zero-order chi connectivity index (χ0) is 19.5. The number of aromatic nitrogens is 2. The third-order valence-corrected chi connectivity index (χ3v) is 7.06. The number of hydrogen-bond donors (Lipinski definition) is 1. The summed E-state index contributed by atoms with van der Waals surface area (Å²) in [5.41, 5.74) is 2.49. The Hall–Kier alpha value is -2.12. The van der Waals surface area contributed by atoms with Crippen molar-refractivity contribution in [2.45, 2.75) is 50.1 Å². The third-order valence-electron chi connectivity index (χ3n) is 4.90. The van der Waals surface area contributed by atoms with E-state index < -0.39 is 0 Å². The fourth-order valence-corrected chi connectivity index (χ4v) is 5.14. The molecule has 7 heteroatoms. The largest absolute Gasteiger partial charge is 0.410 e. The van der Waals surface area contributed by atoms with Gasteiger partial charge in [0, 0.05) is 11.4 Å². The lowest BCUT2D eigenvalue weighted by Gasteiger charge is -2.16. The van der Waals surface area contributed by atoms with Crippen LogP contribution in [0.2, 0.25) is 0 Å². The Labute approximate surface area is 173 Å². The van der Waals surface area contributed by atoms with Crippen LogP contribution < -0.4 is 5.32 Å². The molecule has 1 aliphatic rings. The van der Waals surface area contributed by atoms with Crippen LogP contribution in [0, 0.1) is 5.92 Å². The molecule has 0 saturated heterocycles.